The van der Waals surface area contributed by atoms with Crippen molar-refractivity contribution in [1.29, 1.82) is 0 Å². The van der Waals surface area contributed by atoms with Gasteiger partial charge in [-0.1, -0.05) is 47.7 Å². The highest BCUT2D eigenvalue weighted by molar-refractivity contribution is 7.98. The average Bonchev–Trinajstić information content (AvgIpc) is 3.11. The van der Waals surface area contributed by atoms with Gasteiger partial charge in [-0.25, -0.2) is 9.37 Å². The molecular formula is C25H23FN2O2S2. The Balaban J connectivity index is 1.68. The molecule has 1 aliphatic rings. The summed E-state index contributed by atoms with van der Waals surface area (Å²) < 4.78 is 21.8. The molecule has 0 bridgehead atoms. The summed E-state index contributed by atoms with van der Waals surface area (Å²) in [6, 6.07) is 14.5. The third-order valence-corrected chi connectivity index (χ3v) is 7.77. The molecule has 0 aliphatic carbocycles. The van der Waals surface area contributed by atoms with Crippen LogP contribution in [-0.4, -0.2) is 15.2 Å². The van der Waals surface area contributed by atoms with Gasteiger partial charge in [0.2, 0.25) is 0 Å². The maximum atomic E-state index is 14.2. The third kappa shape index (κ3) is 3.89. The summed E-state index contributed by atoms with van der Waals surface area (Å²) in [6.45, 7) is 6.60. The van der Waals surface area contributed by atoms with Gasteiger partial charge in [-0.3, -0.25) is 9.36 Å². The molecule has 2 aromatic carbocycles. The van der Waals surface area contributed by atoms with Crippen molar-refractivity contribution in [2.24, 2.45) is 0 Å². The monoisotopic (exact) mass is 466 g/mol. The fourth-order valence-electron chi connectivity index (χ4n) is 3.95. The first-order valence-corrected chi connectivity index (χ1v) is 12.3. The van der Waals surface area contributed by atoms with E-state index in [9.17, 15) is 9.18 Å². The topological polar surface area (TPSA) is 44.1 Å². The van der Waals surface area contributed by atoms with Gasteiger partial charge in [0.15, 0.2) is 5.16 Å². The second-order valence-corrected chi connectivity index (χ2v) is 10.7. The zero-order chi connectivity index (χ0) is 22.5. The molecule has 0 spiro atoms. The predicted octanol–water partition coefficient (Wildman–Crippen LogP) is 6.04. The molecule has 1 aliphatic heterocycles. The Labute approximate surface area is 194 Å². The molecule has 0 saturated carbocycles. The Hall–Kier alpha value is -2.48. The summed E-state index contributed by atoms with van der Waals surface area (Å²) >= 11 is 2.90. The number of hydrogen-bond donors (Lipinski definition) is 0. The van der Waals surface area contributed by atoms with Crippen LogP contribution in [0.4, 0.5) is 4.39 Å². The molecule has 0 saturated heterocycles. The Morgan fingerprint density at radius 1 is 1.19 bits per heavy atom. The van der Waals surface area contributed by atoms with Crippen molar-refractivity contribution >= 4 is 33.3 Å². The second-order valence-electron chi connectivity index (χ2n) is 8.66. The number of hydrogen-bond acceptors (Lipinski definition) is 5. The van der Waals surface area contributed by atoms with Crippen LogP contribution in [0, 0.1) is 12.7 Å². The van der Waals surface area contributed by atoms with E-state index >= 15 is 0 Å². The number of ether oxygens (including phenoxy) is 1. The molecule has 4 aromatic rings. The highest BCUT2D eigenvalue weighted by Crippen LogP contribution is 2.38. The summed E-state index contributed by atoms with van der Waals surface area (Å²) in [5.74, 6) is 0.133. The Bertz CT molecular complexity index is 1370. The molecule has 0 fully saturated rings. The zero-order valence-electron chi connectivity index (χ0n) is 18.1. The van der Waals surface area contributed by atoms with Gasteiger partial charge in [0.1, 0.15) is 10.6 Å². The number of aromatic nitrogens is 2. The first-order chi connectivity index (χ1) is 15.3. The summed E-state index contributed by atoms with van der Waals surface area (Å²) in [6.07, 6.45) is 0.675. The fraction of sp³-hybridized carbons (Fsp3) is 0.280. The minimum Gasteiger partial charge on any atom is -0.370 e. The van der Waals surface area contributed by atoms with Crippen LogP contribution < -0.4 is 5.56 Å². The van der Waals surface area contributed by atoms with Gasteiger partial charge in [0.25, 0.3) is 5.56 Å². The Morgan fingerprint density at radius 2 is 1.94 bits per heavy atom. The summed E-state index contributed by atoms with van der Waals surface area (Å²) in [5.41, 5.74) is 3.11. The van der Waals surface area contributed by atoms with Gasteiger partial charge in [0.05, 0.1) is 23.3 Å². The smallest absolute Gasteiger partial charge is 0.267 e. The average molecular weight is 467 g/mol. The van der Waals surface area contributed by atoms with E-state index < -0.39 is 0 Å². The van der Waals surface area contributed by atoms with E-state index in [0.29, 0.717) is 34.9 Å². The predicted molar refractivity (Wildman–Crippen MR) is 128 cm³/mol. The van der Waals surface area contributed by atoms with Gasteiger partial charge in [-0.05, 0) is 50.1 Å². The molecule has 0 atom stereocenters. The molecule has 0 amide bonds. The van der Waals surface area contributed by atoms with Crippen LogP contribution in [0.3, 0.4) is 0 Å². The molecule has 32 heavy (non-hydrogen) atoms. The lowest BCUT2D eigenvalue weighted by molar-refractivity contribution is -0.0379. The van der Waals surface area contributed by atoms with Crippen LogP contribution in [0.2, 0.25) is 0 Å². The fourth-order valence-corrected chi connectivity index (χ4v) is 6.09. The maximum Gasteiger partial charge on any atom is 0.267 e. The normalized spacial score (nSPS) is 15.1. The molecule has 4 nitrogen and oxygen atoms in total. The van der Waals surface area contributed by atoms with Crippen LogP contribution in [0.25, 0.3) is 15.9 Å². The van der Waals surface area contributed by atoms with E-state index in [2.05, 4.69) is 0 Å². The van der Waals surface area contributed by atoms with Crippen LogP contribution in [0.5, 0.6) is 0 Å². The summed E-state index contributed by atoms with van der Waals surface area (Å²) in [4.78, 5) is 20.5. The van der Waals surface area contributed by atoms with Crippen molar-refractivity contribution in [3.05, 3.63) is 86.3 Å². The lowest BCUT2D eigenvalue weighted by Gasteiger charge is -2.29. The van der Waals surface area contributed by atoms with E-state index in [1.165, 1.54) is 29.2 Å². The van der Waals surface area contributed by atoms with Gasteiger partial charge in [-0.2, -0.15) is 0 Å². The quantitative estimate of drug-likeness (QED) is 0.272. The number of rotatable bonds is 4. The van der Waals surface area contributed by atoms with Gasteiger partial charge in [-0.15, -0.1) is 11.3 Å². The van der Waals surface area contributed by atoms with Gasteiger partial charge >= 0.3 is 0 Å². The van der Waals surface area contributed by atoms with Crippen molar-refractivity contribution in [2.75, 3.05) is 0 Å². The third-order valence-electron chi connectivity index (χ3n) is 5.68. The van der Waals surface area contributed by atoms with Gasteiger partial charge in [0, 0.05) is 17.1 Å². The summed E-state index contributed by atoms with van der Waals surface area (Å²) in [5, 5.41) is 1.24. The highest BCUT2D eigenvalue weighted by Gasteiger charge is 2.31. The highest BCUT2D eigenvalue weighted by atomic mass is 32.2. The summed E-state index contributed by atoms with van der Waals surface area (Å²) in [7, 11) is 0. The molecule has 2 aromatic heterocycles. The molecule has 0 radical (unpaired) electrons. The van der Waals surface area contributed by atoms with E-state index in [1.807, 2.05) is 51.1 Å². The van der Waals surface area contributed by atoms with Crippen molar-refractivity contribution in [3.63, 3.8) is 0 Å². The zero-order valence-corrected chi connectivity index (χ0v) is 19.8. The van der Waals surface area contributed by atoms with Crippen molar-refractivity contribution in [1.82, 2.24) is 9.55 Å². The molecular weight excluding hydrogens is 443 g/mol. The number of fused-ring (bicyclic) bond motifs is 3. The molecule has 164 valence electrons. The number of thioether (sulfide) groups is 1. The Kier molecular flexibility index (Phi) is 5.43. The molecule has 0 N–H and O–H groups in total. The van der Waals surface area contributed by atoms with Crippen molar-refractivity contribution < 1.29 is 9.13 Å². The molecule has 7 heteroatoms. The SMILES string of the molecule is Cc1ccc(-n2c(SCc3ccccc3F)nc3sc4c(c3c2=O)CC(C)(C)OC4)cc1. The van der Waals surface area contributed by atoms with E-state index in [1.54, 1.807) is 16.7 Å². The first-order valence-electron chi connectivity index (χ1n) is 10.5. The largest absolute Gasteiger partial charge is 0.370 e. The second kappa shape index (κ2) is 8.14. The van der Waals surface area contributed by atoms with Crippen LogP contribution in [0.15, 0.2) is 58.5 Å². The van der Waals surface area contributed by atoms with Crippen molar-refractivity contribution in [3.8, 4) is 5.69 Å². The van der Waals surface area contributed by atoms with Crippen LogP contribution >= 0.6 is 23.1 Å². The number of halogens is 1. The van der Waals surface area contributed by atoms with Crippen LogP contribution in [0.1, 0.15) is 35.4 Å². The van der Waals surface area contributed by atoms with Gasteiger partial charge < -0.3 is 4.74 Å². The van der Waals surface area contributed by atoms with Crippen molar-refractivity contribution in [2.45, 2.75) is 50.3 Å². The molecule has 5 rings (SSSR count). The number of nitrogens with zero attached hydrogens (tertiary/aromatic N) is 2. The first kappa shape index (κ1) is 21.4. The lowest BCUT2D eigenvalue weighted by Crippen LogP contribution is -2.32. The number of aryl methyl sites for hydroxylation is 1. The van der Waals surface area contributed by atoms with E-state index in [-0.39, 0.29) is 17.0 Å². The minimum absolute atomic E-state index is 0.0786. The standard InChI is InChI=1S/C25H23FN2O2S2/c1-15-8-10-17(11-9-15)28-23(29)21-18-12-25(2,3)30-13-20(18)32-22(21)27-24(28)31-14-16-6-4-5-7-19(16)26/h4-11H,12-14H2,1-3H3. The minimum atomic E-state index is -0.319. The molecule has 3 heterocycles. The Morgan fingerprint density at radius 3 is 2.69 bits per heavy atom. The van der Waals surface area contributed by atoms with Crippen LogP contribution in [-0.2, 0) is 23.5 Å². The maximum absolute atomic E-state index is 14.2. The molecule has 0 unspecified atom stereocenters. The number of benzene rings is 2. The number of thiophene rings is 1. The van der Waals surface area contributed by atoms with E-state index in [4.69, 9.17) is 9.72 Å². The lowest BCUT2D eigenvalue weighted by atomic mass is 9.94. The van der Waals surface area contributed by atoms with E-state index in [0.717, 1.165) is 26.5 Å².